The van der Waals surface area contributed by atoms with Crippen LogP contribution in [0, 0.1) is 0 Å². The molecule has 73 heavy (non-hydrogen) atoms. The second-order valence-electron chi connectivity index (χ2n) is 17.7. The number of aromatic nitrogens is 1. The van der Waals surface area contributed by atoms with Gasteiger partial charge >= 0.3 is 5.97 Å². The summed E-state index contributed by atoms with van der Waals surface area (Å²) in [4.78, 5) is 115. The highest BCUT2D eigenvalue weighted by Gasteiger charge is 2.37. The van der Waals surface area contributed by atoms with Crippen molar-refractivity contribution < 1.29 is 58.8 Å². The Morgan fingerprint density at radius 2 is 1.34 bits per heavy atom. The van der Waals surface area contributed by atoms with E-state index in [1.54, 1.807) is 42.6 Å². The zero-order valence-electron chi connectivity index (χ0n) is 40.2. The van der Waals surface area contributed by atoms with Crippen LogP contribution < -0.4 is 48.7 Å². The minimum absolute atomic E-state index is 0.0207. The van der Waals surface area contributed by atoms with Gasteiger partial charge in [-0.2, -0.15) is 0 Å². The van der Waals surface area contributed by atoms with Crippen LogP contribution in [0.3, 0.4) is 0 Å². The van der Waals surface area contributed by atoms with Gasteiger partial charge in [-0.1, -0.05) is 82.3 Å². The summed E-state index contributed by atoms with van der Waals surface area (Å²) in [7, 11) is 1.86. The number of aliphatic hydroxyl groups is 2. The number of hydrogen-bond donors (Lipinski definition) is 14. The molecular formula is C49H64N10O12S2. The minimum atomic E-state index is -1.82. The molecule has 1 aliphatic rings. The first-order valence-electron chi connectivity index (χ1n) is 23.6. The number of phenolic OH excluding ortho intramolecular Hbond substituents is 1. The Bertz CT molecular complexity index is 2530. The zero-order chi connectivity index (χ0) is 53.2. The average molecular weight is 1050 g/mol. The standard InChI is InChI=1S/C49H64N10O12S2/c1-26(60)40-48(69)57-39(47(68)59-41(27(2)61)49(70)71)25-73-72-24-38(56-42(63)33(51)20-28-10-4-3-5-11-28)46(67)54-36(21-29-15-17-31(62)18-16-29)44(65)55-37(22-30-23-52-34-13-7-6-12-32(30)34)45(66)53-35(43(64)58-40)14-8-9-19-50/h3-7,10-13,15-18,23,26-27,33,35-41,52,60-62H,8-9,14,19-22,24-25,50-51H2,1-2H3,(H,53,66)(H,54,67)(H,55,65)(H,56,63)(H,57,69)(H,58,64)(H,59,68)(H,70,71)/t26-,27-,33+,35-,36-,37-,38-,39+,40+,41-/m0/s1. The molecule has 1 aliphatic heterocycles. The van der Waals surface area contributed by atoms with Gasteiger partial charge < -0.3 is 74.1 Å². The van der Waals surface area contributed by atoms with Crippen molar-refractivity contribution in [3.05, 3.63) is 102 Å². The number of aromatic amines is 1. The fourth-order valence-corrected chi connectivity index (χ4v) is 10.1. The Morgan fingerprint density at radius 1 is 0.726 bits per heavy atom. The van der Waals surface area contributed by atoms with E-state index in [1.807, 2.05) is 18.2 Å². The smallest absolute Gasteiger partial charge is 0.328 e. The second-order valence-corrected chi connectivity index (χ2v) is 20.2. The maximum absolute atomic E-state index is 14.7. The third kappa shape index (κ3) is 17.2. The summed E-state index contributed by atoms with van der Waals surface area (Å²) in [6.45, 7) is 2.56. The van der Waals surface area contributed by atoms with Crippen LogP contribution in [-0.4, -0.2) is 151 Å². The van der Waals surface area contributed by atoms with Crippen LogP contribution in [-0.2, 0) is 57.6 Å². The third-order valence-electron chi connectivity index (χ3n) is 11.9. The van der Waals surface area contributed by atoms with Crippen molar-refractivity contribution >= 4 is 79.8 Å². The number of para-hydroxylation sites is 1. The predicted octanol–water partition coefficient (Wildman–Crippen LogP) is -1.01. The molecule has 0 unspecified atom stereocenters. The Morgan fingerprint density at radius 3 is 2.00 bits per heavy atom. The van der Waals surface area contributed by atoms with Crippen LogP contribution in [0.2, 0.25) is 0 Å². The highest BCUT2D eigenvalue weighted by Crippen LogP contribution is 2.25. The quantitative estimate of drug-likeness (QED) is 0.0445. The van der Waals surface area contributed by atoms with Gasteiger partial charge in [-0.25, -0.2) is 4.79 Å². The summed E-state index contributed by atoms with van der Waals surface area (Å²) in [5, 5.41) is 59.6. The molecule has 2 heterocycles. The number of fused-ring (bicyclic) bond motifs is 1. The highest BCUT2D eigenvalue weighted by atomic mass is 33.1. The first-order chi connectivity index (χ1) is 34.8. The van der Waals surface area contributed by atoms with Crippen molar-refractivity contribution in [1.82, 2.24) is 42.2 Å². The van der Waals surface area contributed by atoms with Gasteiger partial charge in [0.1, 0.15) is 42.0 Å². The number of hydrogen-bond acceptors (Lipinski definition) is 15. The molecule has 4 aromatic rings. The lowest BCUT2D eigenvalue weighted by atomic mass is 10.0. The lowest BCUT2D eigenvalue weighted by Crippen LogP contribution is -2.62. The van der Waals surface area contributed by atoms with Gasteiger partial charge in [-0.15, -0.1) is 0 Å². The minimum Gasteiger partial charge on any atom is -0.508 e. The molecule has 10 atom stereocenters. The van der Waals surface area contributed by atoms with E-state index in [9.17, 15) is 58.8 Å². The Labute approximate surface area is 429 Å². The number of carbonyl (C=O) groups excluding carboxylic acids is 7. The fraction of sp³-hybridized carbons (Fsp3) is 0.429. The van der Waals surface area contributed by atoms with E-state index in [2.05, 4.69) is 42.2 Å². The maximum atomic E-state index is 14.7. The Kier molecular flexibility index (Phi) is 21.9. The van der Waals surface area contributed by atoms with E-state index in [0.717, 1.165) is 45.0 Å². The molecule has 1 saturated heterocycles. The van der Waals surface area contributed by atoms with Crippen LogP contribution in [0.15, 0.2) is 85.1 Å². The van der Waals surface area contributed by atoms with Crippen LogP contribution in [0.1, 0.15) is 49.8 Å². The molecular weight excluding hydrogens is 985 g/mol. The first-order valence-corrected chi connectivity index (χ1v) is 26.1. The topological polar surface area (TPSA) is 370 Å². The number of carboxylic acids is 1. The molecule has 5 rings (SSSR count). The van der Waals surface area contributed by atoms with Crippen molar-refractivity contribution in [1.29, 1.82) is 0 Å². The number of amides is 7. The number of carbonyl (C=O) groups is 8. The van der Waals surface area contributed by atoms with Gasteiger partial charge in [-0.3, -0.25) is 33.6 Å². The number of nitrogens with two attached hydrogens (primary N) is 2. The number of benzene rings is 3. The summed E-state index contributed by atoms with van der Waals surface area (Å²) >= 11 is 0. The van der Waals surface area contributed by atoms with E-state index >= 15 is 0 Å². The van der Waals surface area contributed by atoms with Gasteiger partial charge in [-0.05, 0) is 81.0 Å². The lowest BCUT2D eigenvalue weighted by Gasteiger charge is -2.29. The van der Waals surface area contributed by atoms with Gasteiger partial charge in [0.05, 0.1) is 18.2 Å². The number of rotatable bonds is 17. The zero-order valence-corrected chi connectivity index (χ0v) is 41.9. The average Bonchev–Trinajstić information content (AvgIpc) is 3.76. The van der Waals surface area contributed by atoms with Gasteiger partial charge in [0.2, 0.25) is 41.4 Å². The molecule has 394 valence electrons. The molecule has 22 nitrogen and oxygen atoms in total. The molecule has 0 bridgehead atoms. The monoisotopic (exact) mass is 1050 g/mol. The van der Waals surface area contributed by atoms with E-state index in [1.165, 1.54) is 31.2 Å². The normalized spacial score (nSPS) is 22.5. The molecule has 24 heteroatoms. The number of unbranched alkanes of at least 4 members (excludes halogenated alkanes) is 1. The van der Waals surface area contributed by atoms with E-state index < -0.39 is 108 Å². The lowest BCUT2D eigenvalue weighted by molar-refractivity contribution is -0.145. The van der Waals surface area contributed by atoms with Crippen molar-refractivity contribution in [3.8, 4) is 5.75 Å². The van der Waals surface area contributed by atoms with Crippen LogP contribution in [0.4, 0.5) is 0 Å². The summed E-state index contributed by atoms with van der Waals surface area (Å²) in [5.74, 6) is -8.59. The molecule has 7 amide bonds. The summed E-state index contributed by atoms with van der Waals surface area (Å²) in [6.07, 6.45) is -1.03. The number of aliphatic carboxylic acids is 1. The maximum Gasteiger partial charge on any atom is 0.328 e. The van der Waals surface area contributed by atoms with Gasteiger partial charge in [0.15, 0.2) is 6.04 Å². The number of phenols is 1. The molecule has 0 aliphatic carbocycles. The number of H-pyrrole nitrogens is 1. The summed E-state index contributed by atoms with van der Waals surface area (Å²) < 4.78 is 0. The number of carboxylic acid groups (broad SMARTS) is 1. The van der Waals surface area contributed by atoms with Crippen molar-refractivity contribution in [2.75, 3.05) is 18.1 Å². The van der Waals surface area contributed by atoms with E-state index in [4.69, 9.17) is 11.5 Å². The van der Waals surface area contributed by atoms with Crippen LogP contribution >= 0.6 is 21.6 Å². The molecule has 1 fully saturated rings. The number of nitrogens with one attached hydrogen (secondary N) is 8. The summed E-state index contributed by atoms with van der Waals surface area (Å²) in [6, 6.07) is 9.98. The number of aliphatic hydroxyl groups excluding tert-OH is 2. The van der Waals surface area contributed by atoms with E-state index in [0.29, 0.717) is 24.0 Å². The molecule has 0 spiro atoms. The van der Waals surface area contributed by atoms with Gasteiger partial charge in [0, 0.05) is 41.4 Å². The molecule has 0 radical (unpaired) electrons. The van der Waals surface area contributed by atoms with Crippen LogP contribution in [0.25, 0.3) is 10.9 Å². The molecule has 3 aromatic carbocycles. The highest BCUT2D eigenvalue weighted by molar-refractivity contribution is 8.76. The predicted molar refractivity (Wildman–Crippen MR) is 274 cm³/mol. The second kappa shape index (κ2) is 27.9. The molecule has 16 N–H and O–H groups in total. The Hall–Kier alpha value is -6.70. The summed E-state index contributed by atoms with van der Waals surface area (Å²) in [5.41, 5.74) is 14.7. The van der Waals surface area contributed by atoms with Crippen molar-refractivity contribution in [3.63, 3.8) is 0 Å². The van der Waals surface area contributed by atoms with Crippen molar-refractivity contribution in [2.24, 2.45) is 11.5 Å². The first kappa shape index (κ1) is 57.2. The van der Waals surface area contributed by atoms with Crippen molar-refractivity contribution in [2.45, 2.75) is 113 Å². The SMILES string of the molecule is C[C@H](O)[C@H](NC(=O)[C@H]1CSSC[C@H](NC(=O)[C@H](N)Cc2ccccc2)C(=O)N[C@@H](Cc2ccc(O)cc2)C(=O)N[C@@H](Cc2c[nH]c3ccccc23)C(=O)N[C@@H](CCCCN)C(=O)N[C@H]([C@H](C)O)C(=O)N1)C(=O)O. The Balaban J connectivity index is 1.58. The molecule has 0 saturated carbocycles. The largest absolute Gasteiger partial charge is 0.508 e. The fourth-order valence-electron chi connectivity index (χ4n) is 7.79. The third-order valence-corrected chi connectivity index (χ3v) is 14.3. The number of aromatic hydroxyl groups is 1. The van der Waals surface area contributed by atoms with Crippen LogP contribution in [0.5, 0.6) is 5.75 Å². The van der Waals surface area contributed by atoms with E-state index in [-0.39, 0.29) is 49.5 Å². The van der Waals surface area contributed by atoms with Gasteiger partial charge in [0.25, 0.3) is 0 Å². The molecule has 1 aromatic heterocycles.